The number of nitrogens with one attached hydrogen (secondary N) is 4. The first-order chi connectivity index (χ1) is 29.6. The second kappa shape index (κ2) is 16.3. The van der Waals surface area contributed by atoms with Crippen molar-refractivity contribution in [3.63, 3.8) is 0 Å². The molecule has 4 N–H and O–H groups in total. The molecule has 2 aromatic heterocycles. The van der Waals surface area contributed by atoms with Crippen molar-refractivity contribution in [1.29, 1.82) is 0 Å². The van der Waals surface area contributed by atoms with Crippen molar-refractivity contribution in [3.8, 4) is 28.1 Å². The standard InChI is InChI=1S/C46H48N8O7/c1-25(2)38(51-45(57)59-3)43(55)54-19-9-13-36(54)42-48-33-17-15-27-21-32-30-16-14-28(20-29(30)24-61-37(32)22-31(27)40(33)50-42)34-23-47-41(49-34)35-12-8-18-53(35)44(56)39(52-46(58)60-4)26-10-6-5-7-11-26/h5-7,10-11,14-17,20-23,25,35-36,38-39H,8-9,12-13,18-19,24H2,1-4H3,(H,47,49)(H,48,50)(H,51,57)(H,52,58)/t35?,36-,38-,39+/m0/s1. The van der Waals surface area contributed by atoms with Gasteiger partial charge in [0.2, 0.25) is 5.91 Å². The molecule has 5 heterocycles. The SMILES string of the molecule is COC(=O)N[C@H](C(=O)N1CCC[C@H]1c1nc2c(ccc3cc4c(cc32)OCc2cc(-c3cnc(C5CCCN5C(=O)[C@H](NC(=O)OC)c5ccccc5)[nH]3)ccc2-4)[nH]1)C(C)C. The maximum absolute atomic E-state index is 14.0. The number of imidazole rings is 2. The number of hydrogen-bond acceptors (Lipinski definition) is 9. The molecular weight excluding hydrogens is 777 g/mol. The second-order valence-corrected chi connectivity index (χ2v) is 16.2. The molecule has 2 fully saturated rings. The fourth-order valence-corrected chi connectivity index (χ4v) is 9.07. The first kappa shape index (κ1) is 39.6. The average Bonchev–Trinajstić information content (AvgIpc) is 4.13. The van der Waals surface area contributed by atoms with E-state index in [4.69, 9.17) is 24.2 Å². The van der Waals surface area contributed by atoms with Gasteiger partial charge in [-0.1, -0.05) is 62.4 Å². The molecule has 1 unspecified atom stereocenters. The summed E-state index contributed by atoms with van der Waals surface area (Å²) in [5, 5.41) is 7.39. The number of alkyl carbamates (subject to hydrolysis) is 2. The van der Waals surface area contributed by atoms with Crippen molar-refractivity contribution in [2.45, 2.75) is 70.3 Å². The van der Waals surface area contributed by atoms with Crippen LogP contribution in [0.4, 0.5) is 9.59 Å². The highest BCUT2D eigenvalue weighted by Crippen LogP contribution is 2.43. The highest BCUT2D eigenvalue weighted by Gasteiger charge is 2.39. The van der Waals surface area contributed by atoms with Crippen molar-refractivity contribution in [3.05, 3.63) is 102 Å². The lowest BCUT2D eigenvalue weighted by Crippen LogP contribution is -2.51. The normalized spacial score (nSPS) is 18.0. The topological polar surface area (TPSA) is 184 Å². The number of ether oxygens (including phenoxy) is 3. The Labute approximate surface area is 352 Å². The van der Waals surface area contributed by atoms with Crippen LogP contribution in [-0.4, -0.2) is 87.1 Å². The van der Waals surface area contributed by atoms with Gasteiger partial charge in [-0.3, -0.25) is 9.59 Å². The van der Waals surface area contributed by atoms with Gasteiger partial charge in [0.1, 0.15) is 36.1 Å². The van der Waals surface area contributed by atoms with Crippen LogP contribution in [0, 0.1) is 5.92 Å². The van der Waals surface area contributed by atoms with Crippen LogP contribution < -0.4 is 15.4 Å². The lowest BCUT2D eigenvalue weighted by molar-refractivity contribution is -0.135. The zero-order valence-corrected chi connectivity index (χ0v) is 34.5. The van der Waals surface area contributed by atoms with Gasteiger partial charge in [0.15, 0.2) is 0 Å². The maximum atomic E-state index is 14.0. The first-order valence-corrected chi connectivity index (χ1v) is 20.7. The number of nitrogens with zero attached hydrogens (tertiary/aromatic N) is 4. The Morgan fingerprint density at radius 3 is 2.26 bits per heavy atom. The number of benzene rings is 4. The van der Waals surface area contributed by atoms with Gasteiger partial charge in [-0.15, -0.1) is 0 Å². The number of amides is 4. The van der Waals surface area contributed by atoms with Crippen LogP contribution >= 0.6 is 0 Å². The fraction of sp³-hybridized carbons (Fsp3) is 0.348. The highest BCUT2D eigenvalue weighted by atomic mass is 16.5. The molecule has 15 nitrogen and oxygen atoms in total. The zero-order chi connectivity index (χ0) is 42.4. The van der Waals surface area contributed by atoms with Crippen LogP contribution in [0.2, 0.25) is 0 Å². The number of likely N-dealkylation sites (tertiary alicyclic amines) is 2. The Balaban J connectivity index is 0.954. The highest BCUT2D eigenvalue weighted by molar-refractivity contribution is 6.07. The molecular formula is C46H48N8O7. The number of carbonyl (C=O) groups is 4. The van der Waals surface area contributed by atoms with Crippen LogP contribution in [0.3, 0.4) is 0 Å². The van der Waals surface area contributed by atoms with Gasteiger partial charge in [0, 0.05) is 24.0 Å². The average molecular weight is 825 g/mol. The number of H-pyrrole nitrogens is 2. The van der Waals surface area contributed by atoms with Gasteiger partial charge in [0.05, 0.1) is 49.2 Å². The summed E-state index contributed by atoms with van der Waals surface area (Å²) in [5.41, 5.74) is 7.22. The maximum Gasteiger partial charge on any atom is 0.407 e. The summed E-state index contributed by atoms with van der Waals surface area (Å²) >= 11 is 0. The molecule has 314 valence electrons. The third kappa shape index (κ3) is 7.38. The lowest BCUT2D eigenvalue weighted by Gasteiger charge is -2.29. The third-order valence-electron chi connectivity index (χ3n) is 12.2. The van der Waals surface area contributed by atoms with Crippen molar-refractivity contribution in [2.24, 2.45) is 5.92 Å². The summed E-state index contributed by atoms with van der Waals surface area (Å²) in [7, 11) is 2.57. The van der Waals surface area contributed by atoms with E-state index in [1.807, 2.05) is 55.1 Å². The van der Waals surface area contributed by atoms with E-state index in [0.717, 1.165) is 81.2 Å². The van der Waals surface area contributed by atoms with Crippen molar-refractivity contribution >= 4 is 45.8 Å². The van der Waals surface area contributed by atoms with Crippen LogP contribution in [0.5, 0.6) is 5.75 Å². The van der Waals surface area contributed by atoms with E-state index >= 15 is 0 Å². The van der Waals surface area contributed by atoms with E-state index in [2.05, 4.69) is 57.0 Å². The second-order valence-electron chi connectivity index (χ2n) is 16.2. The third-order valence-corrected chi connectivity index (χ3v) is 12.2. The molecule has 0 saturated carbocycles. The molecule has 0 spiro atoms. The number of fused-ring (bicyclic) bond motifs is 6. The molecule has 15 heteroatoms. The minimum absolute atomic E-state index is 0.126. The quantitative estimate of drug-likeness (QED) is 0.115. The minimum atomic E-state index is -0.894. The number of hydrogen-bond donors (Lipinski definition) is 4. The van der Waals surface area contributed by atoms with Gasteiger partial charge < -0.3 is 44.6 Å². The summed E-state index contributed by atoms with van der Waals surface area (Å²) in [5.74, 6) is 1.67. The van der Waals surface area contributed by atoms with E-state index < -0.39 is 24.3 Å². The predicted octanol–water partition coefficient (Wildman–Crippen LogP) is 7.47. The Morgan fingerprint density at radius 2 is 1.52 bits per heavy atom. The molecule has 61 heavy (non-hydrogen) atoms. The summed E-state index contributed by atoms with van der Waals surface area (Å²) in [6.07, 6.45) is 3.62. The molecule has 4 aromatic carbocycles. The minimum Gasteiger partial charge on any atom is -0.488 e. The summed E-state index contributed by atoms with van der Waals surface area (Å²) in [4.78, 5) is 72.5. The van der Waals surface area contributed by atoms with Crippen molar-refractivity contribution < 1.29 is 33.4 Å². The fourth-order valence-electron chi connectivity index (χ4n) is 9.07. The molecule has 2 saturated heterocycles. The molecule has 4 atom stereocenters. The van der Waals surface area contributed by atoms with Crippen LogP contribution in [-0.2, 0) is 25.7 Å². The molecule has 0 aliphatic carbocycles. The zero-order valence-electron chi connectivity index (χ0n) is 34.5. The molecule has 3 aliphatic heterocycles. The van der Waals surface area contributed by atoms with Crippen molar-refractivity contribution in [1.82, 2.24) is 40.4 Å². The van der Waals surface area contributed by atoms with E-state index in [1.165, 1.54) is 14.2 Å². The molecule has 9 rings (SSSR count). The van der Waals surface area contributed by atoms with E-state index in [0.29, 0.717) is 36.9 Å². The first-order valence-electron chi connectivity index (χ1n) is 20.7. The Bertz CT molecular complexity index is 2660. The molecule has 0 radical (unpaired) electrons. The smallest absolute Gasteiger partial charge is 0.407 e. The van der Waals surface area contributed by atoms with Crippen LogP contribution in [0.1, 0.15) is 80.4 Å². The Morgan fingerprint density at radius 1 is 0.803 bits per heavy atom. The molecule has 6 aromatic rings. The summed E-state index contributed by atoms with van der Waals surface area (Å²) in [6, 6.07) is 21.6. The van der Waals surface area contributed by atoms with Gasteiger partial charge >= 0.3 is 12.2 Å². The van der Waals surface area contributed by atoms with Gasteiger partial charge in [-0.05, 0) is 83.5 Å². The Hall–Kier alpha value is -6.90. The molecule has 0 bridgehead atoms. The summed E-state index contributed by atoms with van der Waals surface area (Å²) < 4.78 is 16.1. The monoisotopic (exact) mass is 824 g/mol. The lowest BCUT2D eigenvalue weighted by atomic mass is 9.92. The van der Waals surface area contributed by atoms with Gasteiger partial charge in [0.25, 0.3) is 5.91 Å². The van der Waals surface area contributed by atoms with Crippen molar-refractivity contribution in [2.75, 3.05) is 27.3 Å². The predicted molar refractivity (Wildman–Crippen MR) is 227 cm³/mol. The number of carbonyl (C=O) groups excluding carboxylic acids is 4. The van der Waals surface area contributed by atoms with E-state index in [9.17, 15) is 19.2 Å². The number of aromatic nitrogens is 4. The van der Waals surface area contributed by atoms with E-state index in [1.54, 1.807) is 11.1 Å². The Kier molecular flexibility index (Phi) is 10.6. The summed E-state index contributed by atoms with van der Waals surface area (Å²) in [6.45, 7) is 5.29. The van der Waals surface area contributed by atoms with Crippen LogP contribution in [0.15, 0.2) is 79.0 Å². The van der Waals surface area contributed by atoms with Gasteiger partial charge in [-0.2, -0.15) is 0 Å². The van der Waals surface area contributed by atoms with Crippen LogP contribution in [0.25, 0.3) is 44.2 Å². The van der Waals surface area contributed by atoms with E-state index in [-0.39, 0.29) is 29.8 Å². The number of methoxy groups -OCH3 is 2. The number of aromatic amines is 2. The largest absolute Gasteiger partial charge is 0.488 e. The molecule has 4 amide bonds. The van der Waals surface area contributed by atoms with Gasteiger partial charge in [-0.25, -0.2) is 19.6 Å². The number of rotatable bonds is 9. The molecule has 3 aliphatic rings.